The Labute approximate surface area is 129 Å². The van der Waals surface area contributed by atoms with E-state index in [0.29, 0.717) is 0 Å². The summed E-state index contributed by atoms with van der Waals surface area (Å²) >= 11 is 0. The van der Waals surface area contributed by atoms with Gasteiger partial charge in [0.05, 0.1) is 20.3 Å². The second-order valence-corrected chi connectivity index (χ2v) is 6.66. The lowest BCUT2D eigenvalue weighted by atomic mass is 9.94. The number of hydrogen-bond donors (Lipinski definition) is 1. The van der Waals surface area contributed by atoms with E-state index in [-0.39, 0.29) is 11.5 Å². The van der Waals surface area contributed by atoms with Gasteiger partial charge in [-0.05, 0) is 53.1 Å². The van der Waals surface area contributed by atoms with Gasteiger partial charge in [-0.15, -0.1) is 0 Å². The summed E-state index contributed by atoms with van der Waals surface area (Å²) in [4.78, 5) is 14.4. The molecule has 0 bridgehead atoms. The fourth-order valence-corrected chi connectivity index (χ4v) is 2.96. The van der Waals surface area contributed by atoms with Crippen molar-refractivity contribution in [2.24, 2.45) is 0 Å². The van der Waals surface area contributed by atoms with Crippen molar-refractivity contribution in [3.05, 3.63) is 0 Å². The van der Waals surface area contributed by atoms with Crippen molar-refractivity contribution < 1.29 is 14.3 Å². The van der Waals surface area contributed by atoms with E-state index in [9.17, 15) is 4.79 Å². The first-order chi connectivity index (χ1) is 9.85. The number of carbonyl (C=O) groups is 1. The molecule has 0 amide bonds. The van der Waals surface area contributed by atoms with E-state index in [0.717, 1.165) is 52.1 Å². The molecule has 1 unspecified atom stereocenters. The van der Waals surface area contributed by atoms with Gasteiger partial charge in [-0.2, -0.15) is 0 Å². The normalized spacial score (nSPS) is 21.8. The van der Waals surface area contributed by atoms with Gasteiger partial charge in [0.15, 0.2) is 0 Å². The summed E-state index contributed by atoms with van der Waals surface area (Å²) in [5.74, 6) is -0.170. The lowest BCUT2D eigenvalue weighted by molar-refractivity contribution is -0.148. The molecular formula is C16H32N2O3. The highest BCUT2D eigenvalue weighted by molar-refractivity contribution is 5.80. The van der Waals surface area contributed by atoms with Crippen molar-refractivity contribution in [2.45, 2.75) is 58.0 Å². The average Bonchev–Trinajstić information content (AvgIpc) is 2.44. The van der Waals surface area contributed by atoms with Crippen molar-refractivity contribution in [3.8, 4) is 0 Å². The number of hydrogen-bond acceptors (Lipinski definition) is 5. The molecule has 1 aliphatic rings. The van der Waals surface area contributed by atoms with Crippen LogP contribution in [0.3, 0.4) is 0 Å². The van der Waals surface area contributed by atoms with Crippen molar-refractivity contribution in [2.75, 3.05) is 40.0 Å². The van der Waals surface area contributed by atoms with E-state index < -0.39 is 5.54 Å². The van der Waals surface area contributed by atoms with Gasteiger partial charge in [-0.3, -0.25) is 9.69 Å². The van der Waals surface area contributed by atoms with Crippen LogP contribution in [-0.2, 0) is 14.3 Å². The lowest BCUT2D eigenvalue weighted by Crippen LogP contribution is -2.53. The molecule has 1 saturated heterocycles. The van der Waals surface area contributed by atoms with Gasteiger partial charge < -0.3 is 14.8 Å². The molecule has 124 valence electrons. The molecule has 1 aliphatic heterocycles. The Morgan fingerprint density at radius 2 is 2.14 bits per heavy atom. The largest absolute Gasteiger partial charge is 0.468 e. The van der Waals surface area contributed by atoms with E-state index in [2.05, 4.69) is 24.1 Å². The molecular weight excluding hydrogens is 268 g/mol. The molecule has 1 atom stereocenters. The van der Waals surface area contributed by atoms with E-state index in [4.69, 9.17) is 9.47 Å². The monoisotopic (exact) mass is 300 g/mol. The molecule has 0 aromatic heterocycles. The summed E-state index contributed by atoms with van der Waals surface area (Å²) in [5, 5.41) is 3.26. The first-order valence-electron chi connectivity index (χ1n) is 8.02. The molecule has 0 radical (unpaired) electrons. The Balaban J connectivity index is 2.39. The lowest BCUT2D eigenvalue weighted by Gasteiger charge is -2.42. The Hall–Kier alpha value is -0.650. The highest BCUT2D eigenvalue weighted by Gasteiger charge is 2.33. The molecule has 1 N–H and O–H groups in total. The molecule has 0 aromatic rings. The molecule has 1 rings (SSSR count). The van der Waals surface area contributed by atoms with Crippen LogP contribution in [0.2, 0.25) is 0 Å². The van der Waals surface area contributed by atoms with Crippen molar-refractivity contribution >= 4 is 5.97 Å². The number of carbonyl (C=O) groups excluding carboxylic acids is 1. The van der Waals surface area contributed by atoms with Crippen molar-refractivity contribution in [1.29, 1.82) is 0 Å². The molecule has 0 aliphatic carbocycles. The first kappa shape index (κ1) is 18.4. The van der Waals surface area contributed by atoms with Crippen LogP contribution in [0.25, 0.3) is 0 Å². The minimum Gasteiger partial charge on any atom is -0.468 e. The SMILES string of the molecule is CCNC(C)(CCCCN1CCOCC1(C)C)C(=O)OC. The number of rotatable bonds is 8. The maximum Gasteiger partial charge on any atom is 0.325 e. The van der Waals surface area contributed by atoms with E-state index in [1.165, 1.54) is 7.11 Å². The number of nitrogens with zero attached hydrogens (tertiary/aromatic N) is 1. The van der Waals surface area contributed by atoms with Gasteiger partial charge in [-0.25, -0.2) is 0 Å². The van der Waals surface area contributed by atoms with Gasteiger partial charge in [0.1, 0.15) is 5.54 Å². The number of morpholine rings is 1. The Kier molecular flexibility index (Phi) is 7.10. The summed E-state index contributed by atoms with van der Waals surface area (Å²) < 4.78 is 10.5. The number of methoxy groups -OCH3 is 1. The highest BCUT2D eigenvalue weighted by atomic mass is 16.5. The third-order valence-corrected chi connectivity index (χ3v) is 4.37. The van der Waals surface area contributed by atoms with Crippen LogP contribution in [0.5, 0.6) is 0 Å². The third-order valence-electron chi connectivity index (χ3n) is 4.37. The van der Waals surface area contributed by atoms with Crippen LogP contribution in [0.4, 0.5) is 0 Å². The summed E-state index contributed by atoms with van der Waals surface area (Å²) in [6, 6.07) is 0. The topological polar surface area (TPSA) is 50.8 Å². The Bertz CT molecular complexity index is 333. The second-order valence-electron chi connectivity index (χ2n) is 6.66. The molecule has 0 saturated carbocycles. The Morgan fingerprint density at radius 1 is 1.43 bits per heavy atom. The van der Waals surface area contributed by atoms with Gasteiger partial charge >= 0.3 is 5.97 Å². The summed E-state index contributed by atoms with van der Waals surface area (Å²) in [6.45, 7) is 12.8. The van der Waals surface area contributed by atoms with Gasteiger partial charge in [0.25, 0.3) is 0 Å². The van der Waals surface area contributed by atoms with Crippen LogP contribution in [0.1, 0.15) is 47.0 Å². The van der Waals surface area contributed by atoms with Crippen LogP contribution < -0.4 is 5.32 Å². The third kappa shape index (κ3) is 5.24. The van der Waals surface area contributed by atoms with Crippen LogP contribution in [0.15, 0.2) is 0 Å². The molecule has 0 aromatic carbocycles. The van der Waals surface area contributed by atoms with Crippen molar-refractivity contribution in [3.63, 3.8) is 0 Å². The van der Waals surface area contributed by atoms with E-state index >= 15 is 0 Å². The number of likely N-dealkylation sites (N-methyl/N-ethyl adjacent to an activating group) is 1. The molecule has 1 heterocycles. The number of nitrogens with one attached hydrogen (secondary N) is 1. The number of unbranched alkanes of at least 4 members (excludes halogenated alkanes) is 1. The fourth-order valence-electron chi connectivity index (χ4n) is 2.96. The predicted molar refractivity (Wildman–Crippen MR) is 84.4 cm³/mol. The molecule has 0 spiro atoms. The number of ether oxygens (including phenoxy) is 2. The summed E-state index contributed by atoms with van der Waals surface area (Å²) in [5.41, 5.74) is -0.449. The minimum absolute atomic E-state index is 0.117. The molecule has 21 heavy (non-hydrogen) atoms. The first-order valence-corrected chi connectivity index (χ1v) is 8.02. The number of esters is 1. The van der Waals surface area contributed by atoms with Gasteiger partial charge in [-0.1, -0.05) is 6.92 Å². The molecule has 5 heteroatoms. The minimum atomic E-state index is -0.565. The Morgan fingerprint density at radius 3 is 2.71 bits per heavy atom. The van der Waals surface area contributed by atoms with Crippen LogP contribution in [-0.4, -0.2) is 61.9 Å². The average molecular weight is 300 g/mol. The second kappa shape index (κ2) is 8.11. The standard InChI is InChI=1S/C16H32N2O3/c1-6-17-16(4,14(19)20-5)9-7-8-10-18-11-12-21-13-15(18,2)3/h17H,6-13H2,1-5H3. The highest BCUT2D eigenvalue weighted by Crippen LogP contribution is 2.21. The molecule has 5 nitrogen and oxygen atoms in total. The van der Waals surface area contributed by atoms with Crippen LogP contribution in [0, 0.1) is 0 Å². The molecule has 1 fully saturated rings. The van der Waals surface area contributed by atoms with Gasteiger partial charge in [0.2, 0.25) is 0 Å². The fraction of sp³-hybridized carbons (Fsp3) is 0.938. The summed E-state index contributed by atoms with van der Waals surface area (Å²) in [6.07, 6.45) is 2.89. The predicted octanol–water partition coefficient (Wildman–Crippen LogP) is 1.81. The zero-order chi connectivity index (χ0) is 15.9. The van der Waals surface area contributed by atoms with E-state index in [1.807, 2.05) is 13.8 Å². The van der Waals surface area contributed by atoms with Crippen LogP contribution >= 0.6 is 0 Å². The maximum absolute atomic E-state index is 11.9. The smallest absolute Gasteiger partial charge is 0.325 e. The zero-order valence-electron chi connectivity index (χ0n) is 14.3. The van der Waals surface area contributed by atoms with Crippen molar-refractivity contribution in [1.82, 2.24) is 10.2 Å². The zero-order valence-corrected chi connectivity index (χ0v) is 14.3. The summed E-state index contributed by atoms with van der Waals surface area (Å²) in [7, 11) is 1.45. The quantitative estimate of drug-likeness (QED) is 0.547. The maximum atomic E-state index is 11.9. The van der Waals surface area contributed by atoms with Gasteiger partial charge in [0, 0.05) is 12.1 Å². The van der Waals surface area contributed by atoms with E-state index in [1.54, 1.807) is 0 Å².